The van der Waals surface area contributed by atoms with Crippen molar-refractivity contribution in [3.05, 3.63) is 117 Å². The Morgan fingerprint density at radius 3 is 2.45 bits per heavy atom. The first-order chi connectivity index (χ1) is 26.7. The fourth-order valence-electron chi connectivity index (χ4n) is 5.26. The molecule has 17 nitrogen and oxygen atoms in total. The number of ether oxygens (including phenoxy) is 5. The van der Waals surface area contributed by atoms with Crippen LogP contribution in [0, 0.1) is 21.4 Å². The van der Waals surface area contributed by atoms with E-state index in [9.17, 15) is 29.8 Å². The molecule has 3 aromatic carbocycles. The van der Waals surface area contributed by atoms with Gasteiger partial charge in [0.25, 0.3) is 0 Å². The molecule has 284 valence electrons. The zero-order chi connectivity index (χ0) is 39.2. The van der Waals surface area contributed by atoms with E-state index in [-0.39, 0.29) is 61.5 Å². The summed E-state index contributed by atoms with van der Waals surface area (Å²) in [5, 5.41) is 31.3. The zero-order valence-electron chi connectivity index (χ0n) is 29.9. The molecule has 1 atom stereocenters. The Kier molecular flexibility index (Phi) is 13.6. The number of benzene rings is 3. The van der Waals surface area contributed by atoms with Crippen molar-refractivity contribution >= 4 is 29.4 Å². The molecular weight excluding hydrogens is 714 g/mol. The van der Waals surface area contributed by atoms with Gasteiger partial charge in [0.05, 0.1) is 29.8 Å². The molecule has 0 fully saturated rings. The van der Waals surface area contributed by atoms with Gasteiger partial charge in [-0.25, -0.2) is 4.79 Å². The van der Waals surface area contributed by atoms with Crippen molar-refractivity contribution in [2.24, 2.45) is 0 Å². The Labute approximate surface area is 315 Å². The number of hydrogen-bond acceptors (Lipinski definition) is 16. The summed E-state index contributed by atoms with van der Waals surface area (Å²) in [7, 11) is 0. The summed E-state index contributed by atoms with van der Waals surface area (Å²) in [4.78, 5) is 57.9. The third kappa shape index (κ3) is 11.0. The molecule has 17 heteroatoms. The fraction of sp³-hybridized carbons (Fsp3) is 0.263. The molecule has 5 rings (SSSR count). The van der Waals surface area contributed by atoms with Crippen molar-refractivity contribution in [2.45, 2.75) is 39.5 Å². The Balaban J connectivity index is 1.56. The van der Waals surface area contributed by atoms with Crippen LogP contribution in [0.15, 0.2) is 79.0 Å². The van der Waals surface area contributed by atoms with E-state index in [1.807, 2.05) is 24.3 Å². The summed E-state index contributed by atoms with van der Waals surface area (Å²) in [6, 6.07) is 19.4. The molecule has 1 aliphatic rings. The molecule has 0 radical (unpaired) electrons. The molecular formula is C38H37N7O10. The van der Waals surface area contributed by atoms with Gasteiger partial charge in [0.15, 0.2) is 0 Å². The maximum absolute atomic E-state index is 13.3. The van der Waals surface area contributed by atoms with E-state index in [2.05, 4.69) is 25.9 Å². The minimum Gasteiger partial charge on any atom is -0.466 e. The number of carbonyl (C=O) groups excluding carboxylic acids is 3. The third-order valence-corrected chi connectivity index (χ3v) is 7.74. The Morgan fingerprint density at radius 2 is 1.75 bits per heavy atom. The second-order valence-electron chi connectivity index (χ2n) is 11.6. The Bertz CT molecular complexity index is 2100. The normalized spacial score (nSPS) is 13.1. The lowest BCUT2D eigenvalue weighted by Gasteiger charge is -2.23. The summed E-state index contributed by atoms with van der Waals surface area (Å²) in [5.74, 6) is -3.08. The summed E-state index contributed by atoms with van der Waals surface area (Å²) >= 11 is 0. The van der Waals surface area contributed by atoms with Gasteiger partial charge in [0.1, 0.15) is 36.4 Å². The molecule has 0 saturated heterocycles. The summed E-state index contributed by atoms with van der Waals surface area (Å²) in [6.45, 7) is 3.57. The number of carbonyl (C=O) groups is 3. The van der Waals surface area contributed by atoms with Crippen LogP contribution < -0.4 is 25.4 Å². The van der Waals surface area contributed by atoms with Crippen molar-refractivity contribution < 1.29 is 43.0 Å². The van der Waals surface area contributed by atoms with Gasteiger partial charge in [-0.15, -0.1) is 0 Å². The van der Waals surface area contributed by atoms with Gasteiger partial charge in [-0.05, 0) is 73.5 Å². The van der Waals surface area contributed by atoms with E-state index in [1.54, 1.807) is 56.4 Å². The van der Waals surface area contributed by atoms with E-state index < -0.39 is 52.8 Å². The number of aromatic nitrogens is 2. The van der Waals surface area contributed by atoms with E-state index in [1.165, 1.54) is 18.2 Å². The first kappa shape index (κ1) is 39.2. The van der Waals surface area contributed by atoms with Crippen molar-refractivity contribution in [3.63, 3.8) is 0 Å². The Hall–Kier alpha value is -7.06. The van der Waals surface area contributed by atoms with Gasteiger partial charge >= 0.3 is 35.5 Å². The van der Waals surface area contributed by atoms with Crippen molar-refractivity contribution in [3.8, 4) is 29.5 Å². The molecule has 0 amide bonds. The highest BCUT2D eigenvalue weighted by Crippen LogP contribution is 2.39. The number of nitrogens with one attached hydrogen (secondary N) is 3. The zero-order valence-corrected chi connectivity index (χ0v) is 29.9. The lowest BCUT2D eigenvalue weighted by molar-refractivity contribution is -0.385. The number of anilines is 1. The number of aryl methyl sites for hydroxylation is 1. The number of nitro groups is 1. The van der Waals surface area contributed by atoms with E-state index in [0.29, 0.717) is 17.7 Å². The minimum absolute atomic E-state index is 0.0584. The second-order valence-corrected chi connectivity index (χ2v) is 11.6. The van der Waals surface area contributed by atoms with Crippen molar-refractivity contribution in [1.82, 2.24) is 20.6 Å². The molecule has 0 saturated carbocycles. The summed E-state index contributed by atoms with van der Waals surface area (Å²) in [5.41, 5.74) is 1.33. The van der Waals surface area contributed by atoms with E-state index >= 15 is 0 Å². The quantitative estimate of drug-likeness (QED) is 0.0533. The van der Waals surface area contributed by atoms with Gasteiger partial charge < -0.3 is 34.3 Å². The highest BCUT2D eigenvalue weighted by molar-refractivity contribution is 5.93. The van der Waals surface area contributed by atoms with Crippen LogP contribution in [0.3, 0.4) is 0 Å². The van der Waals surface area contributed by atoms with Gasteiger partial charge in [0.2, 0.25) is 5.82 Å². The number of hydrogen-bond donors (Lipinski definition) is 3. The molecule has 4 aromatic rings. The van der Waals surface area contributed by atoms with Gasteiger partial charge in [-0.3, -0.25) is 25.0 Å². The van der Waals surface area contributed by atoms with Gasteiger partial charge in [-0.1, -0.05) is 42.5 Å². The monoisotopic (exact) mass is 751 g/mol. The van der Waals surface area contributed by atoms with Crippen LogP contribution in [0.25, 0.3) is 0 Å². The molecule has 3 N–H and O–H groups in total. The van der Waals surface area contributed by atoms with Crippen LogP contribution in [-0.4, -0.2) is 59.1 Å². The number of esters is 3. The first-order valence-corrected chi connectivity index (χ1v) is 17.2. The van der Waals surface area contributed by atoms with E-state index in [0.717, 1.165) is 5.56 Å². The van der Waals surface area contributed by atoms with Crippen LogP contribution >= 0.6 is 0 Å². The Morgan fingerprint density at radius 1 is 0.964 bits per heavy atom. The maximum atomic E-state index is 13.3. The highest BCUT2D eigenvalue weighted by atomic mass is 16.6. The number of nitriles is 1. The van der Waals surface area contributed by atoms with Gasteiger partial charge in [-0.2, -0.15) is 15.2 Å². The molecule has 1 aliphatic heterocycles. The summed E-state index contributed by atoms with van der Waals surface area (Å²) < 4.78 is 27.6. The molecule has 1 aromatic heterocycles. The predicted octanol–water partition coefficient (Wildman–Crippen LogP) is 5.37. The third-order valence-electron chi connectivity index (χ3n) is 7.74. The molecule has 0 spiro atoms. The average molecular weight is 752 g/mol. The number of nitrogens with zero attached hydrogens (tertiary/aromatic N) is 4. The molecule has 55 heavy (non-hydrogen) atoms. The van der Waals surface area contributed by atoms with Crippen molar-refractivity contribution in [1.29, 1.82) is 5.26 Å². The van der Waals surface area contributed by atoms with Crippen LogP contribution in [0.1, 0.15) is 59.0 Å². The first-order valence-electron chi connectivity index (χ1n) is 17.2. The molecule has 0 aliphatic carbocycles. The van der Waals surface area contributed by atoms with Crippen LogP contribution in [-0.2, 0) is 36.8 Å². The predicted molar refractivity (Wildman–Crippen MR) is 195 cm³/mol. The summed E-state index contributed by atoms with van der Waals surface area (Å²) in [6.07, 6.45) is 3.61. The van der Waals surface area contributed by atoms with Crippen LogP contribution in [0.5, 0.6) is 23.4 Å². The van der Waals surface area contributed by atoms with Gasteiger partial charge in [0, 0.05) is 13.0 Å². The maximum Gasteiger partial charge on any atom is 0.373 e. The fourth-order valence-corrected chi connectivity index (χ4v) is 5.26. The van der Waals surface area contributed by atoms with Crippen LogP contribution in [0.2, 0.25) is 0 Å². The molecule has 0 bridgehead atoms. The topological polar surface area (TPSA) is 226 Å². The SMILES string of the molecule is CCOC(=O)CCc1cc(Oc2nc(Oc3cc(C#N)ccc3C(=O)OCc3ccccc3)nc(NCC(=O)OCC)c2[N+](=O)[O-])cc(C2NC=CCN2)c1. The lowest BCUT2D eigenvalue weighted by Crippen LogP contribution is -2.34. The minimum atomic E-state index is -0.797. The average Bonchev–Trinajstić information content (AvgIpc) is 3.19. The highest BCUT2D eigenvalue weighted by Gasteiger charge is 2.30. The van der Waals surface area contributed by atoms with E-state index in [4.69, 9.17) is 23.7 Å². The largest absolute Gasteiger partial charge is 0.466 e. The number of rotatable bonds is 17. The van der Waals surface area contributed by atoms with Crippen molar-refractivity contribution in [2.75, 3.05) is 31.6 Å². The lowest BCUT2D eigenvalue weighted by atomic mass is 10.0. The smallest absolute Gasteiger partial charge is 0.373 e. The standard InChI is InChI=1S/C38H37N7O10/c1-3-51-31(46)14-12-25-17-27(34-40-15-8-16-41-34)20-28(18-25)54-36-33(45(49)50)35(42-22-32(47)52-4-2)43-38(44-36)55-30-19-26(21-39)11-13-29(30)37(48)53-23-24-9-6-5-7-10-24/h5-11,13,15,17-20,34,40-41H,3-4,12,14,16,22-23H2,1-2H3,(H,42,43,44). The molecule has 1 unspecified atom stereocenters. The van der Waals surface area contributed by atoms with Crippen LogP contribution in [0.4, 0.5) is 11.5 Å². The molecule has 2 heterocycles. The second kappa shape index (κ2) is 19.1.